The Morgan fingerprint density at radius 3 is 2.65 bits per heavy atom. The number of β-amino-alcohol motifs (C(OH)–C–C–N with tert-alkyl or cyclic N) is 1. The predicted molar refractivity (Wildman–Crippen MR) is 88.9 cm³/mol. The van der Waals surface area contributed by atoms with Crippen LogP contribution in [0, 0.1) is 12.8 Å². The highest BCUT2D eigenvalue weighted by Crippen LogP contribution is 2.23. The molecule has 1 aromatic carbocycles. The van der Waals surface area contributed by atoms with Gasteiger partial charge in [0.15, 0.2) is 0 Å². The Balaban J connectivity index is 1.55. The number of aliphatic hydroxyl groups is 1. The number of nitrogens with two attached hydrogens (primary N) is 1. The van der Waals surface area contributed by atoms with E-state index in [-0.39, 0.29) is 12.0 Å². The predicted octanol–water partition coefficient (Wildman–Crippen LogP) is 1.52. The van der Waals surface area contributed by atoms with E-state index in [1.807, 2.05) is 13.0 Å². The molecule has 2 atom stereocenters. The number of hydrogen-bond donors (Lipinski definition) is 2. The maximum atomic E-state index is 10.3. The van der Waals surface area contributed by atoms with Gasteiger partial charge < -0.3 is 15.4 Å². The van der Waals surface area contributed by atoms with Gasteiger partial charge in [0.05, 0.1) is 11.8 Å². The lowest BCUT2D eigenvalue weighted by atomic mass is 10.0. The molecular weight excluding hydrogens is 290 g/mol. The number of likely N-dealkylation sites (tertiary alicyclic amines) is 1. The topological polar surface area (TPSA) is 75.5 Å². The van der Waals surface area contributed by atoms with Crippen LogP contribution in [0.3, 0.4) is 0 Å². The number of nitrogens with zero attached hydrogens (tertiary/aromatic N) is 2. The van der Waals surface area contributed by atoms with Crippen molar-refractivity contribution >= 4 is 0 Å². The number of hydrogen-bond acceptors (Lipinski definition) is 5. The first-order valence-electron chi connectivity index (χ1n) is 8.24. The molecule has 0 saturated carbocycles. The molecule has 1 saturated heterocycles. The molecule has 0 aliphatic carbocycles. The third-order valence-electron chi connectivity index (χ3n) is 4.48. The fourth-order valence-corrected chi connectivity index (χ4v) is 3.28. The summed E-state index contributed by atoms with van der Waals surface area (Å²) in [6, 6.07) is 10.5. The van der Waals surface area contributed by atoms with Gasteiger partial charge in [-0.25, -0.2) is 0 Å². The summed E-state index contributed by atoms with van der Waals surface area (Å²) in [6.45, 7) is 5.05. The quantitative estimate of drug-likeness (QED) is 0.845. The fourth-order valence-electron chi connectivity index (χ4n) is 3.28. The zero-order valence-electron chi connectivity index (χ0n) is 13.6. The van der Waals surface area contributed by atoms with E-state index < -0.39 is 0 Å². The standard InChI is InChI=1S/C18H25N3O2/c1-13-8-17(23-20-13)9-16-11-21(12-18(16)22)10-15-4-2-14(3-5-15)6-7-19/h2-5,8,16,18,22H,6-7,9-12,19H2,1H3/t16-,18-/m1/s1. The third-order valence-corrected chi connectivity index (χ3v) is 4.48. The van der Waals surface area contributed by atoms with Crippen molar-refractivity contribution in [2.75, 3.05) is 19.6 Å². The molecule has 23 heavy (non-hydrogen) atoms. The van der Waals surface area contributed by atoms with Gasteiger partial charge in [0.25, 0.3) is 0 Å². The van der Waals surface area contributed by atoms with Crippen LogP contribution in [0.5, 0.6) is 0 Å². The minimum atomic E-state index is -0.308. The van der Waals surface area contributed by atoms with Gasteiger partial charge in [0.1, 0.15) is 5.76 Å². The smallest absolute Gasteiger partial charge is 0.137 e. The molecule has 5 heteroatoms. The van der Waals surface area contributed by atoms with E-state index in [4.69, 9.17) is 10.3 Å². The number of aryl methyl sites for hydroxylation is 1. The maximum absolute atomic E-state index is 10.3. The summed E-state index contributed by atoms with van der Waals surface area (Å²) >= 11 is 0. The molecule has 0 bridgehead atoms. The van der Waals surface area contributed by atoms with Crippen molar-refractivity contribution in [1.82, 2.24) is 10.1 Å². The SMILES string of the molecule is Cc1cc(C[C@@H]2CN(Cc3ccc(CCN)cc3)C[C@H]2O)on1. The van der Waals surface area contributed by atoms with Gasteiger partial charge in [0.2, 0.25) is 0 Å². The lowest BCUT2D eigenvalue weighted by Crippen LogP contribution is -2.21. The Kier molecular flexibility index (Phi) is 5.10. The minimum Gasteiger partial charge on any atom is -0.391 e. The van der Waals surface area contributed by atoms with Crippen molar-refractivity contribution in [2.24, 2.45) is 11.7 Å². The number of aliphatic hydroxyl groups excluding tert-OH is 1. The van der Waals surface area contributed by atoms with Crippen LogP contribution in [0.4, 0.5) is 0 Å². The summed E-state index contributed by atoms with van der Waals surface area (Å²) < 4.78 is 5.27. The summed E-state index contributed by atoms with van der Waals surface area (Å²) in [7, 11) is 0. The van der Waals surface area contributed by atoms with E-state index in [0.29, 0.717) is 13.1 Å². The van der Waals surface area contributed by atoms with Crippen LogP contribution < -0.4 is 5.73 Å². The molecule has 1 aromatic heterocycles. The van der Waals surface area contributed by atoms with Crippen molar-refractivity contribution in [2.45, 2.75) is 32.4 Å². The Labute approximate surface area is 137 Å². The molecule has 1 aliphatic rings. The van der Waals surface area contributed by atoms with Crippen LogP contribution in [0.2, 0.25) is 0 Å². The van der Waals surface area contributed by atoms with Crippen molar-refractivity contribution in [1.29, 1.82) is 0 Å². The summed E-state index contributed by atoms with van der Waals surface area (Å²) in [5.41, 5.74) is 9.02. The van der Waals surface area contributed by atoms with Gasteiger partial charge in [-0.3, -0.25) is 4.90 Å². The van der Waals surface area contributed by atoms with E-state index in [1.54, 1.807) is 0 Å². The molecule has 124 valence electrons. The van der Waals surface area contributed by atoms with E-state index in [2.05, 4.69) is 34.3 Å². The van der Waals surface area contributed by atoms with Gasteiger partial charge in [-0.1, -0.05) is 29.4 Å². The monoisotopic (exact) mass is 315 g/mol. The van der Waals surface area contributed by atoms with Gasteiger partial charge in [-0.05, 0) is 31.0 Å². The van der Waals surface area contributed by atoms with Gasteiger partial charge in [-0.2, -0.15) is 0 Å². The molecule has 1 fully saturated rings. The van der Waals surface area contributed by atoms with Crippen LogP contribution in [0.1, 0.15) is 22.6 Å². The first-order chi connectivity index (χ1) is 11.1. The average molecular weight is 315 g/mol. The highest BCUT2D eigenvalue weighted by molar-refractivity contribution is 5.23. The van der Waals surface area contributed by atoms with Crippen LogP contribution >= 0.6 is 0 Å². The molecule has 2 heterocycles. The Bertz CT molecular complexity index is 623. The molecule has 5 nitrogen and oxygen atoms in total. The maximum Gasteiger partial charge on any atom is 0.137 e. The highest BCUT2D eigenvalue weighted by Gasteiger charge is 2.32. The van der Waals surface area contributed by atoms with E-state index >= 15 is 0 Å². The van der Waals surface area contributed by atoms with Gasteiger partial charge >= 0.3 is 0 Å². The number of benzene rings is 1. The summed E-state index contributed by atoms with van der Waals surface area (Å²) in [5, 5.41) is 14.2. The second-order valence-electron chi connectivity index (χ2n) is 6.52. The Hall–Kier alpha value is -1.69. The molecule has 1 aliphatic heterocycles. The zero-order chi connectivity index (χ0) is 16.2. The molecule has 0 amide bonds. The zero-order valence-corrected chi connectivity index (χ0v) is 13.6. The summed E-state index contributed by atoms with van der Waals surface area (Å²) in [5.74, 6) is 1.07. The normalized spacial score (nSPS) is 21.9. The van der Waals surface area contributed by atoms with Crippen molar-refractivity contribution in [3.05, 3.63) is 52.9 Å². The van der Waals surface area contributed by atoms with Crippen LogP contribution in [-0.4, -0.2) is 40.9 Å². The van der Waals surface area contributed by atoms with Crippen molar-refractivity contribution in [3.63, 3.8) is 0 Å². The average Bonchev–Trinajstić information content (AvgIpc) is 3.08. The third kappa shape index (κ3) is 4.19. The molecule has 0 spiro atoms. The first-order valence-corrected chi connectivity index (χ1v) is 8.24. The summed E-state index contributed by atoms with van der Waals surface area (Å²) in [6.07, 6.45) is 1.35. The van der Waals surface area contributed by atoms with Crippen molar-refractivity contribution in [3.8, 4) is 0 Å². The molecule has 2 aromatic rings. The van der Waals surface area contributed by atoms with Crippen LogP contribution in [0.25, 0.3) is 0 Å². The molecule has 0 radical (unpaired) electrons. The molecule has 0 unspecified atom stereocenters. The highest BCUT2D eigenvalue weighted by atomic mass is 16.5. The number of rotatable bonds is 6. The largest absolute Gasteiger partial charge is 0.391 e. The minimum absolute atomic E-state index is 0.207. The molecule has 3 N–H and O–H groups in total. The van der Waals surface area contributed by atoms with E-state index in [0.717, 1.165) is 37.4 Å². The number of aromatic nitrogens is 1. The molecule has 3 rings (SSSR count). The second kappa shape index (κ2) is 7.25. The van der Waals surface area contributed by atoms with E-state index in [1.165, 1.54) is 11.1 Å². The Morgan fingerprint density at radius 2 is 2.00 bits per heavy atom. The van der Waals surface area contributed by atoms with E-state index in [9.17, 15) is 5.11 Å². The first kappa shape index (κ1) is 16.2. The summed E-state index contributed by atoms with van der Waals surface area (Å²) in [4.78, 5) is 2.30. The van der Waals surface area contributed by atoms with Gasteiger partial charge in [-0.15, -0.1) is 0 Å². The fraction of sp³-hybridized carbons (Fsp3) is 0.500. The van der Waals surface area contributed by atoms with Crippen LogP contribution in [-0.2, 0) is 19.4 Å². The van der Waals surface area contributed by atoms with Crippen LogP contribution in [0.15, 0.2) is 34.9 Å². The lowest BCUT2D eigenvalue weighted by Gasteiger charge is -2.15. The Morgan fingerprint density at radius 1 is 1.26 bits per heavy atom. The van der Waals surface area contributed by atoms with Crippen molar-refractivity contribution < 1.29 is 9.63 Å². The van der Waals surface area contributed by atoms with Gasteiger partial charge in [0, 0.05) is 38.0 Å². The lowest BCUT2D eigenvalue weighted by molar-refractivity contribution is 0.137. The second-order valence-corrected chi connectivity index (χ2v) is 6.52. The molecular formula is C18H25N3O2.